The van der Waals surface area contributed by atoms with Crippen molar-refractivity contribution in [1.82, 2.24) is 0 Å². The van der Waals surface area contributed by atoms with Crippen LogP contribution >= 0.6 is 0 Å². The van der Waals surface area contributed by atoms with Crippen LogP contribution in [0, 0.1) is 0 Å². The highest BCUT2D eigenvalue weighted by Crippen LogP contribution is 2.30. The first-order valence-corrected chi connectivity index (χ1v) is 9.38. The SMILES string of the molecule is CO[C@@H]1[C@@H](OCc2ccccc2)[C@H](OCc2ccccc2)[C@H](O)[C@H](O)[C@H]1OC. The number of ether oxygens (including phenoxy) is 4. The highest BCUT2D eigenvalue weighted by Gasteiger charge is 2.52. The molecule has 2 aromatic rings. The first-order chi connectivity index (χ1) is 13.7. The average Bonchev–Trinajstić information content (AvgIpc) is 2.74. The zero-order chi connectivity index (χ0) is 19.9. The molecule has 0 amide bonds. The van der Waals surface area contributed by atoms with Crippen molar-refractivity contribution in [3.05, 3.63) is 71.8 Å². The molecule has 0 bridgehead atoms. The molecular weight excluding hydrogens is 360 g/mol. The van der Waals surface area contributed by atoms with Gasteiger partial charge in [0, 0.05) is 14.2 Å². The highest BCUT2D eigenvalue weighted by atomic mass is 16.6. The molecule has 0 saturated heterocycles. The largest absolute Gasteiger partial charge is 0.387 e. The molecule has 0 aliphatic heterocycles. The maximum absolute atomic E-state index is 10.7. The monoisotopic (exact) mass is 388 g/mol. The molecular formula is C22H28O6. The van der Waals surface area contributed by atoms with E-state index in [4.69, 9.17) is 18.9 Å². The smallest absolute Gasteiger partial charge is 0.115 e. The Labute approximate surface area is 165 Å². The van der Waals surface area contributed by atoms with Crippen molar-refractivity contribution in [2.45, 2.75) is 49.8 Å². The maximum atomic E-state index is 10.7. The number of hydrogen-bond donors (Lipinski definition) is 2. The molecule has 152 valence electrons. The van der Waals surface area contributed by atoms with Gasteiger partial charge in [0.25, 0.3) is 0 Å². The Hall–Kier alpha value is -1.80. The second-order valence-electron chi connectivity index (χ2n) is 6.90. The van der Waals surface area contributed by atoms with E-state index in [1.54, 1.807) is 0 Å². The summed E-state index contributed by atoms with van der Waals surface area (Å²) in [7, 11) is 3.01. The van der Waals surface area contributed by atoms with E-state index < -0.39 is 36.6 Å². The summed E-state index contributed by atoms with van der Waals surface area (Å²) < 4.78 is 23.1. The van der Waals surface area contributed by atoms with Gasteiger partial charge in [0.1, 0.15) is 36.6 Å². The Morgan fingerprint density at radius 3 is 1.50 bits per heavy atom. The Morgan fingerprint density at radius 2 is 1.04 bits per heavy atom. The lowest BCUT2D eigenvalue weighted by Gasteiger charge is -2.46. The molecule has 1 fully saturated rings. The lowest BCUT2D eigenvalue weighted by molar-refractivity contribution is -0.261. The Bertz CT molecular complexity index is 695. The van der Waals surface area contributed by atoms with Crippen molar-refractivity contribution in [3.63, 3.8) is 0 Å². The maximum Gasteiger partial charge on any atom is 0.115 e. The Kier molecular flexibility index (Phi) is 7.56. The van der Waals surface area contributed by atoms with Gasteiger partial charge in [0.2, 0.25) is 0 Å². The molecule has 6 atom stereocenters. The van der Waals surface area contributed by atoms with Crippen molar-refractivity contribution < 1.29 is 29.2 Å². The zero-order valence-corrected chi connectivity index (χ0v) is 16.2. The van der Waals surface area contributed by atoms with Gasteiger partial charge < -0.3 is 29.2 Å². The third-order valence-corrected chi connectivity index (χ3v) is 5.11. The molecule has 0 aromatic heterocycles. The van der Waals surface area contributed by atoms with Gasteiger partial charge in [-0.05, 0) is 11.1 Å². The van der Waals surface area contributed by atoms with E-state index in [0.717, 1.165) is 11.1 Å². The minimum atomic E-state index is -1.17. The molecule has 0 unspecified atom stereocenters. The minimum Gasteiger partial charge on any atom is -0.387 e. The topological polar surface area (TPSA) is 77.4 Å². The number of aliphatic hydroxyl groups excluding tert-OH is 2. The fraction of sp³-hybridized carbons (Fsp3) is 0.455. The lowest BCUT2D eigenvalue weighted by Crippen LogP contribution is -2.65. The molecule has 0 heterocycles. The van der Waals surface area contributed by atoms with Gasteiger partial charge in [-0.15, -0.1) is 0 Å². The normalized spacial score (nSPS) is 30.3. The van der Waals surface area contributed by atoms with Gasteiger partial charge in [0.05, 0.1) is 13.2 Å². The molecule has 0 radical (unpaired) electrons. The van der Waals surface area contributed by atoms with Crippen molar-refractivity contribution in [2.24, 2.45) is 0 Å². The number of rotatable bonds is 8. The van der Waals surface area contributed by atoms with Crippen LogP contribution in [0.2, 0.25) is 0 Å². The second-order valence-corrected chi connectivity index (χ2v) is 6.90. The van der Waals surface area contributed by atoms with Crippen LogP contribution in [0.5, 0.6) is 0 Å². The number of methoxy groups -OCH3 is 2. The van der Waals surface area contributed by atoms with E-state index in [2.05, 4.69) is 0 Å². The van der Waals surface area contributed by atoms with Crippen LogP contribution in [0.25, 0.3) is 0 Å². The lowest BCUT2D eigenvalue weighted by atomic mass is 9.84. The summed E-state index contributed by atoms with van der Waals surface area (Å²) in [5.74, 6) is 0. The highest BCUT2D eigenvalue weighted by molar-refractivity contribution is 5.15. The van der Waals surface area contributed by atoms with E-state index in [1.165, 1.54) is 14.2 Å². The zero-order valence-electron chi connectivity index (χ0n) is 16.2. The molecule has 2 N–H and O–H groups in total. The van der Waals surface area contributed by atoms with Crippen LogP contribution < -0.4 is 0 Å². The van der Waals surface area contributed by atoms with E-state index in [0.29, 0.717) is 6.61 Å². The van der Waals surface area contributed by atoms with Crippen LogP contribution in [0.1, 0.15) is 11.1 Å². The Balaban J connectivity index is 1.78. The first kappa shape index (κ1) is 20.9. The molecule has 3 rings (SSSR count). The van der Waals surface area contributed by atoms with Gasteiger partial charge in [0.15, 0.2) is 0 Å². The second kappa shape index (κ2) is 10.1. The molecule has 1 saturated carbocycles. The van der Waals surface area contributed by atoms with Crippen LogP contribution in [-0.2, 0) is 32.2 Å². The van der Waals surface area contributed by atoms with Gasteiger partial charge in [-0.1, -0.05) is 60.7 Å². The molecule has 28 heavy (non-hydrogen) atoms. The summed E-state index contributed by atoms with van der Waals surface area (Å²) >= 11 is 0. The Morgan fingerprint density at radius 1 is 0.607 bits per heavy atom. The predicted molar refractivity (Wildman–Crippen MR) is 104 cm³/mol. The summed E-state index contributed by atoms with van der Waals surface area (Å²) in [6.07, 6.45) is -5.01. The van der Waals surface area contributed by atoms with Crippen molar-refractivity contribution in [2.75, 3.05) is 14.2 Å². The third-order valence-electron chi connectivity index (χ3n) is 5.11. The predicted octanol–water partition coefficient (Wildman–Crippen LogP) is 1.92. The third kappa shape index (κ3) is 4.78. The summed E-state index contributed by atoms with van der Waals surface area (Å²) in [5, 5.41) is 21.2. The van der Waals surface area contributed by atoms with E-state index in [1.807, 2.05) is 60.7 Å². The summed E-state index contributed by atoms with van der Waals surface area (Å²) in [6, 6.07) is 19.4. The number of aliphatic hydroxyl groups is 2. The van der Waals surface area contributed by atoms with Crippen LogP contribution in [-0.4, -0.2) is 61.1 Å². The molecule has 2 aromatic carbocycles. The van der Waals surface area contributed by atoms with E-state index in [9.17, 15) is 10.2 Å². The summed E-state index contributed by atoms with van der Waals surface area (Å²) in [6.45, 7) is 0.615. The number of hydrogen-bond acceptors (Lipinski definition) is 6. The minimum absolute atomic E-state index is 0.286. The van der Waals surface area contributed by atoms with E-state index >= 15 is 0 Å². The summed E-state index contributed by atoms with van der Waals surface area (Å²) in [5.41, 5.74) is 1.96. The molecule has 0 spiro atoms. The number of benzene rings is 2. The molecule has 6 nitrogen and oxygen atoms in total. The fourth-order valence-corrected chi connectivity index (χ4v) is 3.61. The fourth-order valence-electron chi connectivity index (χ4n) is 3.61. The van der Waals surface area contributed by atoms with Gasteiger partial charge in [-0.25, -0.2) is 0 Å². The van der Waals surface area contributed by atoms with Crippen LogP contribution in [0.4, 0.5) is 0 Å². The summed E-state index contributed by atoms with van der Waals surface area (Å²) in [4.78, 5) is 0. The standard InChI is InChI=1S/C22H28O6/c1-25-19-17(23)18(24)20(27-13-15-9-5-3-6-10-15)22(21(19)26-2)28-14-16-11-7-4-8-12-16/h3-12,17-24H,13-14H2,1-2H3/t17-,18+,19+,20+,21-,22-/m0/s1. The van der Waals surface area contributed by atoms with Gasteiger partial charge in [-0.3, -0.25) is 0 Å². The van der Waals surface area contributed by atoms with Crippen molar-refractivity contribution >= 4 is 0 Å². The molecule has 6 heteroatoms. The van der Waals surface area contributed by atoms with Crippen molar-refractivity contribution in [1.29, 1.82) is 0 Å². The first-order valence-electron chi connectivity index (χ1n) is 9.38. The van der Waals surface area contributed by atoms with Gasteiger partial charge >= 0.3 is 0 Å². The van der Waals surface area contributed by atoms with Crippen LogP contribution in [0.3, 0.4) is 0 Å². The average molecular weight is 388 g/mol. The quantitative estimate of drug-likeness (QED) is 0.720. The molecule has 1 aliphatic rings. The van der Waals surface area contributed by atoms with Gasteiger partial charge in [-0.2, -0.15) is 0 Å². The molecule has 1 aliphatic carbocycles. The van der Waals surface area contributed by atoms with Crippen LogP contribution in [0.15, 0.2) is 60.7 Å². The van der Waals surface area contributed by atoms with Crippen molar-refractivity contribution in [3.8, 4) is 0 Å². The van der Waals surface area contributed by atoms with E-state index in [-0.39, 0.29) is 6.61 Å².